The van der Waals surface area contributed by atoms with Gasteiger partial charge in [0.2, 0.25) is 0 Å². The second kappa shape index (κ2) is 6.26. The molecule has 0 radical (unpaired) electrons. The molecule has 110 valence electrons. The van der Waals surface area contributed by atoms with Crippen LogP contribution in [-0.2, 0) is 0 Å². The van der Waals surface area contributed by atoms with Crippen LogP contribution in [0.2, 0.25) is 0 Å². The lowest BCUT2D eigenvalue weighted by Gasteiger charge is -2.25. The number of nitrogens with two attached hydrogens (primary N) is 1. The Hall–Kier alpha value is -2.56. The number of halogens is 1. The maximum atomic E-state index is 14.4. The Morgan fingerprint density at radius 2 is 1.95 bits per heavy atom. The maximum Gasteiger partial charge on any atom is 0.170 e. The van der Waals surface area contributed by atoms with E-state index in [0.29, 0.717) is 17.8 Å². The normalized spacial score (nSPS) is 11.5. The molecule has 0 saturated heterocycles. The number of benzene rings is 2. The molecule has 0 bridgehead atoms. The van der Waals surface area contributed by atoms with E-state index in [9.17, 15) is 4.39 Å². The van der Waals surface area contributed by atoms with Gasteiger partial charge in [-0.2, -0.15) is 0 Å². The number of rotatable bonds is 4. The first-order valence-corrected chi connectivity index (χ1v) is 6.69. The molecule has 0 atom stereocenters. The van der Waals surface area contributed by atoms with E-state index in [1.165, 1.54) is 6.07 Å². The largest absolute Gasteiger partial charge is 0.409 e. The van der Waals surface area contributed by atoms with Crippen molar-refractivity contribution < 1.29 is 9.60 Å². The van der Waals surface area contributed by atoms with Gasteiger partial charge < -0.3 is 15.8 Å². The second-order valence-corrected chi connectivity index (χ2v) is 4.68. The molecule has 2 rings (SSSR count). The number of hydrogen-bond donors (Lipinski definition) is 2. The fraction of sp³-hybridized carbons (Fsp3) is 0.188. The number of para-hydroxylation sites is 1. The van der Waals surface area contributed by atoms with Crippen LogP contribution >= 0.6 is 0 Å². The van der Waals surface area contributed by atoms with Crippen molar-refractivity contribution in [2.24, 2.45) is 10.9 Å². The average molecular weight is 287 g/mol. The Morgan fingerprint density at radius 1 is 1.24 bits per heavy atom. The molecule has 3 N–H and O–H groups in total. The lowest BCUT2D eigenvalue weighted by atomic mass is 10.1. The molecule has 0 unspecified atom stereocenters. The topological polar surface area (TPSA) is 61.8 Å². The van der Waals surface area contributed by atoms with Gasteiger partial charge in [0.25, 0.3) is 0 Å². The standard InChI is InChI=1S/C16H18FN3O/c1-3-20(14-7-5-4-6-11(14)2)15-9-8-12(10-13(15)17)16(18)19-21/h4-10,21H,3H2,1-2H3,(H2,18,19). The van der Waals surface area contributed by atoms with Gasteiger partial charge in [0, 0.05) is 17.8 Å². The maximum absolute atomic E-state index is 14.4. The van der Waals surface area contributed by atoms with Crippen molar-refractivity contribution in [3.8, 4) is 0 Å². The first-order chi connectivity index (χ1) is 10.1. The Kier molecular flexibility index (Phi) is 4.42. The van der Waals surface area contributed by atoms with Crippen LogP contribution in [0.1, 0.15) is 18.1 Å². The van der Waals surface area contributed by atoms with Crippen molar-refractivity contribution in [3.63, 3.8) is 0 Å². The van der Waals surface area contributed by atoms with Crippen LogP contribution < -0.4 is 10.6 Å². The van der Waals surface area contributed by atoms with Gasteiger partial charge in [-0.3, -0.25) is 0 Å². The number of nitrogens with zero attached hydrogens (tertiary/aromatic N) is 2. The SMILES string of the molecule is CCN(c1ccccc1C)c1ccc(/C(N)=N/O)cc1F. The summed E-state index contributed by atoms with van der Waals surface area (Å²) in [5.41, 5.74) is 8.31. The zero-order valence-electron chi connectivity index (χ0n) is 12.0. The van der Waals surface area contributed by atoms with Gasteiger partial charge in [-0.1, -0.05) is 23.4 Å². The van der Waals surface area contributed by atoms with Gasteiger partial charge in [0.05, 0.1) is 5.69 Å². The number of oxime groups is 1. The predicted octanol–water partition coefficient (Wildman–Crippen LogP) is 3.39. The first kappa shape index (κ1) is 14.8. The zero-order chi connectivity index (χ0) is 15.4. The van der Waals surface area contributed by atoms with E-state index in [2.05, 4.69) is 5.16 Å². The van der Waals surface area contributed by atoms with Gasteiger partial charge >= 0.3 is 0 Å². The molecule has 2 aromatic carbocycles. The highest BCUT2D eigenvalue weighted by atomic mass is 19.1. The smallest absolute Gasteiger partial charge is 0.170 e. The van der Waals surface area contributed by atoms with Crippen molar-refractivity contribution in [2.45, 2.75) is 13.8 Å². The van der Waals surface area contributed by atoms with E-state index in [1.807, 2.05) is 43.0 Å². The van der Waals surface area contributed by atoms with Crippen LogP contribution in [0.5, 0.6) is 0 Å². The van der Waals surface area contributed by atoms with E-state index in [0.717, 1.165) is 11.3 Å². The zero-order valence-corrected chi connectivity index (χ0v) is 12.0. The van der Waals surface area contributed by atoms with Gasteiger partial charge in [-0.05, 0) is 43.7 Å². The molecule has 4 nitrogen and oxygen atoms in total. The molecule has 0 fully saturated rings. The minimum Gasteiger partial charge on any atom is -0.409 e. The monoisotopic (exact) mass is 287 g/mol. The minimum atomic E-state index is -0.413. The Balaban J connectivity index is 2.47. The van der Waals surface area contributed by atoms with E-state index >= 15 is 0 Å². The highest BCUT2D eigenvalue weighted by Gasteiger charge is 2.15. The lowest BCUT2D eigenvalue weighted by molar-refractivity contribution is 0.318. The molecule has 5 heteroatoms. The Labute approximate surface area is 123 Å². The predicted molar refractivity (Wildman–Crippen MR) is 82.8 cm³/mol. The van der Waals surface area contributed by atoms with Gasteiger partial charge in [-0.25, -0.2) is 4.39 Å². The minimum absolute atomic E-state index is 0.112. The summed E-state index contributed by atoms with van der Waals surface area (Å²) in [7, 11) is 0. The first-order valence-electron chi connectivity index (χ1n) is 6.69. The third kappa shape index (κ3) is 2.97. The summed E-state index contributed by atoms with van der Waals surface area (Å²) in [5, 5.41) is 11.5. The quantitative estimate of drug-likeness (QED) is 0.392. The van der Waals surface area contributed by atoms with Crippen molar-refractivity contribution in [3.05, 3.63) is 59.4 Å². The second-order valence-electron chi connectivity index (χ2n) is 4.68. The summed E-state index contributed by atoms with van der Waals surface area (Å²) in [6.45, 7) is 4.58. The molecular weight excluding hydrogens is 269 g/mol. The summed E-state index contributed by atoms with van der Waals surface area (Å²) in [4.78, 5) is 1.89. The van der Waals surface area contributed by atoms with Crippen molar-refractivity contribution >= 4 is 17.2 Å². The highest BCUT2D eigenvalue weighted by Crippen LogP contribution is 2.30. The van der Waals surface area contributed by atoms with E-state index in [4.69, 9.17) is 10.9 Å². The van der Waals surface area contributed by atoms with Crippen LogP contribution in [-0.4, -0.2) is 17.6 Å². The lowest BCUT2D eigenvalue weighted by Crippen LogP contribution is -2.19. The molecule has 2 aromatic rings. The number of anilines is 2. The van der Waals surface area contributed by atoms with Crippen LogP contribution in [0, 0.1) is 12.7 Å². The molecule has 0 aliphatic heterocycles. The van der Waals surface area contributed by atoms with E-state index < -0.39 is 5.82 Å². The third-order valence-electron chi connectivity index (χ3n) is 3.36. The molecule has 0 heterocycles. The fourth-order valence-corrected chi connectivity index (χ4v) is 2.28. The van der Waals surface area contributed by atoms with E-state index in [-0.39, 0.29) is 5.84 Å². The van der Waals surface area contributed by atoms with Gasteiger partial charge in [0.1, 0.15) is 5.82 Å². The van der Waals surface area contributed by atoms with Gasteiger partial charge in [-0.15, -0.1) is 0 Å². The van der Waals surface area contributed by atoms with Crippen molar-refractivity contribution in [1.29, 1.82) is 0 Å². The molecule has 0 saturated carbocycles. The number of aryl methyl sites for hydroxylation is 1. The third-order valence-corrected chi connectivity index (χ3v) is 3.36. The van der Waals surface area contributed by atoms with E-state index in [1.54, 1.807) is 12.1 Å². The summed E-state index contributed by atoms with van der Waals surface area (Å²) in [6.07, 6.45) is 0. The molecule has 0 spiro atoms. The molecule has 0 amide bonds. The molecule has 21 heavy (non-hydrogen) atoms. The van der Waals surface area contributed by atoms with Crippen LogP contribution in [0.15, 0.2) is 47.6 Å². The Bertz CT molecular complexity index is 670. The van der Waals surface area contributed by atoms with Crippen LogP contribution in [0.4, 0.5) is 15.8 Å². The molecule has 0 aromatic heterocycles. The van der Waals surface area contributed by atoms with Crippen molar-refractivity contribution in [1.82, 2.24) is 0 Å². The Morgan fingerprint density at radius 3 is 2.52 bits per heavy atom. The molecular formula is C16H18FN3O. The highest BCUT2D eigenvalue weighted by molar-refractivity contribution is 5.97. The average Bonchev–Trinajstić information content (AvgIpc) is 2.50. The van der Waals surface area contributed by atoms with Crippen LogP contribution in [0.3, 0.4) is 0 Å². The molecule has 0 aliphatic rings. The fourth-order valence-electron chi connectivity index (χ4n) is 2.28. The summed E-state index contributed by atoms with van der Waals surface area (Å²) in [6, 6.07) is 12.4. The summed E-state index contributed by atoms with van der Waals surface area (Å²) < 4.78 is 14.4. The van der Waals surface area contributed by atoms with Crippen molar-refractivity contribution in [2.75, 3.05) is 11.4 Å². The van der Waals surface area contributed by atoms with Crippen LogP contribution in [0.25, 0.3) is 0 Å². The number of amidine groups is 1. The number of hydrogen-bond acceptors (Lipinski definition) is 3. The summed E-state index contributed by atoms with van der Waals surface area (Å²) in [5.74, 6) is -0.524. The van der Waals surface area contributed by atoms with Gasteiger partial charge in [0.15, 0.2) is 5.84 Å². The summed E-state index contributed by atoms with van der Waals surface area (Å²) >= 11 is 0. The molecule has 0 aliphatic carbocycles.